The van der Waals surface area contributed by atoms with Crippen molar-refractivity contribution in [1.82, 2.24) is 20.0 Å². The maximum absolute atomic E-state index is 14.0. The van der Waals surface area contributed by atoms with E-state index in [1.54, 1.807) is 66.7 Å². The monoisotopic (exact) mass is 702 g/mol. The third-order valence-corrected chi connectivity index (χ3v) is 10.3. The quantitative estimate of drug-likeness (QED) is 0.151. The van der Waals surface area contributed by atoms with Crippen LogP contribution < -0.4 is 11.0 Å². The lowest BCUT2D eigenvalue weighted by Gasteiger charge is -2.24. The average molecular weight is 703 g/mol. The highest BCUT2D eigenvalue weighted by Crippen LogP contribution is 2.46. The first kappa shape index (κ1) is 32.5. The minimum absolute atomic E-state index is 0.0228. The second-order valence-electron chi connectivity index (χ2n) is 12.4. The predicted molar refractivity (Wildman–Crippen MR) is 204 cm³/mol. The number of aromatic nitrogens is 2. The fourth-order valence-corrected chi connectivity index (χ4v) is 7.45. The number of para-hydroxylation sites is 1. The SMILES string of the molecule is Cc1ccc(-c2nc3ccccc3c(=O)n2-c2ccc(C(=O)NN3C(=O)/C(=C/c4c(O)ccc5ccccc45)SC3c3ccc(O)cc3)cc2)cc1. The predicted octanol–water partition coefficient (Wildman–Crippen LogP) is 7.89. The van der Waals surface area contributed by atoms with E-state index in [-0.39, 0.29) is 22.6 Å². The number of carbonyl (C=O) groups is 2. The first-order valence-corrected chi connectivity index (χ1v) is 17.3. The number of fused-ring (bicyclic) bond motifs is 2. The molecule has 52 heavy (non-hydrogen) atoms. The lowest BCUT2D eigenvalue weighted by Crippen LogP contribution is -2.44. The van der Waals surface area contributed by atoms with E-state index in [0.29, 0.717) is 38.4 Å². The van der Waals surface area contributed by atoms with Gasteiger partial charge in [-0.25, -0.2) is 9.99 Å². The van der Waals surface area contributed by atoms with Crippen LogP contribution in [0.5, 0.6) is 11.5 Å². The average Bonchev–Trinajstić information content (AvgIpc) is 3.47. The summed E-state index contributed by atoms with van der Waals surface area (Å²) < 4.78 is 1.54. The number of benzene rings is 6. The molecule has 8 rings (SSSR count). The molecule has 1 saturated heterocycles. The van der Waals surface area contributed by atoms with Gasteiger partial charge in [0.1, 0.15) is 22.7 Å². The lowest BCUT2D eigenvalue weighted by atomic mass is 10.0. The summed E-state index contributed by atoms with van der Waals surface area (Å²) in [5.74, 6) is -0.446. The Morgan fingerprint density at radius 2 is 1.48 bits per heavy atom. The van der Waals surface area contributed by atoms with Crippen molar-refractivity contribution < 1.29 is 19.8 Å². The zero-order valence-electron chi connectivity index (χ0n) is 27.7. The molecular weight excluding hydrogens is 673 g/mol. The van der Waals surface area contributed by atoms with Crippen LogP contribution in [0.1, 0.15) is 32.4 Å². The lowest BCUT2D eigenvalue weighted by molar-refractivity contribution is -0.128. The number of phenols is 2. The standard InChI is InChI=1S/C42H30N4O5S/c1-25-10-12-27(13-11-25)38-43-35-9-5-4-8-33(35)40(50)45(38)30-19-14-28(15-20-30)39(49)44-46-41(51)37(52-42(46)29-16-21-31(47)22-17-29)24-34-32-7-3-2-6-26(32)18-23-36(34)48/h2-24,42,47-48H,1H3,(H,44,49)/b37-24-. The number of aryl methyl sites for hydroxylation is 1. The third-order valence-electron chi connectivity index (χ3n) is 9.00. The highest BCUT2D eigenvalue weighted by atomic mass is 32.2. The van der Waals surface area contributed by atoms with Crippen molar-refractivity contribution in [3.05, 3.63) is 171 Å². The van der Waals surface area contributed by atoms with E-state index >= 15 is 0 Å². The molecular formula is C42H30N4O5S. The summed E-state index contributed by atoms with van der Waals surface area (Å²) in [6.45, 7) is 1.99. The molecule has 2 heterocycles. The van der Waals surface area contributed by atoms with Crippen molar-refractivity contribution in [2.24, 2.45) is 0 Å². The fourth-order valence-electron chi connectivity index (χ4n) is 6.28. The minimum Gasteiger partial charge on any atom is -0.508 e. The van der Waals surface area contributed by atoms with Gasteiger partial charge in [0.05, 0.1) is 21.5 Å². The number of thioether (sulfide) groups is 1. The minimum atomic E-state index is -0.668. The molecule has 1 aliphatic rings. The molecule has 1 fully saturated rings. The van der Waals surface area contributed by atoms with Gasteiger partial charge in [-0.05, 0) is 83.9 Å². The van der Waals surface area contributed by atoms with Gasteiger partial charge in [0.25, 0.3) is 17.4 Å². The van der Waals surface area contributed by atoms with Crippen molar-refractivity contribution in [2.45, 2.75) is 12.3 Å². The summed E-state index contributed by atoms with van der Waals surface area (Å²) in [5, 5.41) is 23.5. The van der Waals surface area contributed by atoms with Gasteiger partial charge in [0.2, 0.25) is 0 Å². The van der Waals surface area contributed by atoms with E-state index in [9.17, 15) is 24.6 Å². The van der Waals surface area contributed by atoms with Crippen LogP contribution in [0.2, 0.25) is 0 Å². The van der Waals surface area contributed by atoms with Gasteiger partial charge < -0.3 is 10.2 Å². The number of hydrogen-bond acceptors (Lipinski definition) is 7. The topological polar surface area (TPSA) is 125 Å². The van der Waals surface area contributed by atoms with Gasteiger partial charge in [-0.15, -0.1) is 0 Å². The summed E-state index contributed by atoms with van der Waals surface area (Å²) in [7, 11) is 0. The molecule has 7 aromatic rings. The Morgan fingerprint density at radius 1 is 0.788 bits per heavy atom. The van der Waals surface area contributed by atoms with E-state index in [2.05, 4.69) is 5.43 Å². The third kappa shape index (κ3) is 5.95. The highest BCUT2D eigenvalue weighted by molar-refractivity contribution is 8.04. The van der Waals surface area contributed by atoms with Gasteiger partial charge >= 0.3 is 0 Å². The Labute approximate surface area is 302 Å². The summed E-state index contributed by atoms with van der Waals surface area (Å²) in [4.78, 5) is 46.8. The second-order valence-corrected chi connectivity index (χ2v) is 13.5. The summed E-state index contributed by atoms with van der Waals surface area (Å²) in [6, 6.07) is 38.9. The van der Waals surface area contributed by atoms with Gasteiger partial charge in [0, 0.05) is 16.7 Å². The van der Waals surface area contributed by atoms with Gasteiger partial charge in [0.15, 0.2) is 0 Å². The Hall–Kier alpha value is -6.65. The van der Waals surface area contributed by atoms with Crippen LogP contribution in [0.25, 0.3) is 44.8 Å². The highest BCUT2D eigenvalue weighted by Gasteiger charge is 2.39. The molecule has 0 aliphatic carbocycles. The number of carbonyl (C=O) groups excluding carboxylic acids is 2. The van der Waals surface area contributed by atoms with Gasteiger partial charge in [-0.3, -0.25) is 24.4 Å². The van der Waals surface area contributed by atoms with Gasteiger partial charge in [-0.1, -0.05) is 96.2 Å². The van der Waals surface area contributed by atoms with Crippen LogP contribution >= 0.6 is 11.8 Å². The Bertz CT molecular complexity index is 2620. The number of phenolic OH excluding ortho intramolecular Hbond substituents is 2. The second kappa shape index (κ2) is 13.2. The van der Waals surface area contributed by atoms with Crippen LogP contribution in [0.15, 0.2) is 143 Å². The first-order chi connectivity index (χ1) is 25.2. The molecule has 1 aliphatic heterocycles. The Kier molecular flexibility index (Phi) is 8.29. The molecule has 0 radical (unpaired) electrons. The van der Waals surface area contributed by atoms with Crippen LogP contribution in [0.4, 0.5) is 0 Å². The van der Waals surface area contributed by atoms with Crippen LogP contribution in [0.3, 0.4) is 0 Å². The molecule has 2 amide bonds. The molecule has 3 N–H and O–H groups in total. The van der Waals surface area contributed by atoms with Crippen LogP contribution in [0, 0.1) is 6.92 Å². The summed E-state index contributed by atoms with van der Waals surface area (Å²) >= 11 is 1.22. The van der Waals surface area contributed by atoms with Gasteiger partial charge in [-0.2, -0.15) is 0 Å². The molecule has 6 aromatic carbocycles. The molecule has 10 heteroatoms. The van der Waals surface area contributed by atoms with E-state index in [4.69, 9.17) is 4.98 Å². The van der Waals surface area contributed by atoms with Crippen molar-refractivity contribution >= 4 is 51.3 Å². The van der Waals surface area contributed by atoms with E-state index in [1.807, 2.05) is 67.6 Å². The molecule has 1 aromatic heterocycles. The molecule has 1 unspecified atom stereocenters. The Balaban J connectivity index is 1.14. The summed E-state index contributed by atoms with van der Waals surface area (Å²) in [5.41, 5.74) is 6.90. The number of aromatic hydroxyl groups is 2. The number of amides is 2. The maximum atomic E-state index is 14.0. The number of hydrogen-bond donors (Lipinski definition) is 3. The summed E-state index contributed by atoms with van der Waals surface area (Å²) in [6.07, 6.45) is 1.64. The van der Waals surface area contributed by atoms with E-state index < -0.39 is 17.2 Å². The van der Waals surface area contributed by atoms with Crippen LogP contribution in [-0.2, 0) is 4.79 Å². The number of hydrazine groups is 1. The van der Waals surface area contributed by atoms with Crippen molar-refractivity contribution in [2.75, 3.05) is 0 Å². The Morgan fingerprint density at radius 3 is 2.23 bits per heavy atom. The smallest absolute Gasteiger partial charge is 0.280 e. The molecule has 0 bridgehead atoms. The van der Waals surface area contributed by atoms with Crippen molar-refractivity contribution in [3.63, 3.8) is 0 Å². The number of rotatable bonds is 6. The fraction of sp³-hybridized carbons (Fsp3) is 0.0476. The number of nitrogens with one attached hydrogen (secondary N) is 1. The van der Waals surface area contributed by atoms with Crippen molar-refractivity contribution in [3.8, 4) is 28.6 Å². The molecule has 1 atom stereocenters. The van der Waals surface area contributed by atoms with E-state index in [1.165, 1.54) is 33.5 Å². The zero-order chi connectivity index (χ0) is 35.9. The van der Waals surface area contributed by atoms with Crippen molar-refractivity contribution in [1.29, 1.82) is 0 Å². The zero-order valence-corrected chi connectivity index (χ0v) is 28.5. The van der Waals surface area contributed by atoms with Crippen LogP contribution in [-0.4, -0.2) is 36.6 Å². The largest absolute Gasteiger partial charge is 0.508 e. The van der Waals surface area contributed by atoms with E-state index in [0.717, 1.165) is 21.9 Å². The maximum Gasteiger partial charge on any atom is 0.280 e. The molecule has 0 saturated carbocycles. The molecule has 9 nitrogen and oxygen atoms in total. The molecule has 254 valence electrons. The molecule has 0 spiro atoms. The first-order valence-electron chi connectivity index (χ1n) is 16.5. The normalized spacial score (nSPS) is 15.1. The number of nitrogens with zero attached hydrogens (tertiary/aromatic N) is 3.